The molecule has 3 nitrogen and oxygen atoms in total. The predicted molar refractivity (Wildman–Crippen MR) is 84.9 cm³/mol. The van der Waals surface area contributed by atoms with E-state index in [0.29, 0.717) is 6.61 Å². The molecule has 0 aromatic heterocycles. The molecule has 0 fully saturated rings. The molecule has 0 saturated carbocycles. The second-order valence-electron chi connectivity index (χ2n) is 5.24. The van der Waals surface area contributed by atoms with Crippen molar-refractivity contribution < 1.29 is 4.74 Å². The summed E-state index contributed by atoms with van der Waals surface area (Å²) in [4.78, 5) is 2.12. The Bertz CT molecular complexity index is 407. The van der Waals surface area contributed by atoms with E-state index in [4.69, 9.17) is 10.5 Å². The number of aryl methyl sites for hydroxylation is 1. The Kier molecular flexibility index (Phi) is 6.83. The summed E-state index contributed by atoms with van der Waals surface area (Å²) in [6.07, 6.45) is 1.83. The molecule has 2 N–H and O–H groups in total. The fourth-order valence-corrected chi connectivity index (χ4v) is 2.53. The summed E-state index contributed by atoms with van der Waals surface area (Å²) < 4.78 is 7.05. The van der Waals surface area contributed by atoms with Gasteiger partial charge in [0.15, 0.2) is 0 Å². The fraction of sp³-hybridized carbons (Fsp3) is 0.600. The molecular weight excluding hydrogens is 304 g/mol. The van der Waals surface area contributed by atoms with E-state index in [1.54, 1.807) is 0 Å². The van der Waals surface area contributed by atoms with Gasteiger partial charge in [-0.1, -0.05) is 22.9 Å². The molecule has 4 heteroatoms. The maximum atomic E-state index is 6.07. The van der Waals surface area contributed by atoms with E-state index in [1.165, 1.54) is 5.56 Å². The molecule has 1 atom stereocenters. The van der Waals surface area contributed by atoms with Crippen molar-refractivity contribution in [2.45, 2.75) is 32.7 Å². The highest BCUT2D eigenvalue weighted by Gasteiger charge is 2.12. The van der Waals surface area contributed by atoms with Crippen molar-refractivity contribution in [3.05, 3.63) is 27.7 Å². The van der Waals surface area contributed by atoms with E-state index in [9.17, 15) is 0 Å². The minimum Gasteiger partial charge on any atom is -0.492 e. The molecule has 0 aliphatic rings. The standard InChI is InChI=1S/C15H25BrN2O/c1-5-14(17)10-12-9-13(16)8-11(2)15(12)19-7-6-18(3)4/h8-9,14H,5-7,10,17H2,1-4H3. The molecule has 0 aliphatic heterocycles. The van der Waals surface area contributed by atoms with Gasteiger partial charge < -0.3 is 15.4 Å². The van der Waals surface area contributed by atoms with Crippen LogP contribution in [0.15, 0.2) is 16.6 Å². The van der Waals surface area contributed by atoms with Crippen molar-refractivity contribution >= 4 is 15.9 Å². The zero-order valence-electron chi connectivity index (χ0n) is 12.4. The van der Waals surface area contributed by atoms with Gasteiger partial charge in [0.25, 0.3) is 0 Å². The summed E-state index contributed by atoms with van der Waals surface area (Å²) in [6.45, 7) is 5.80. The minimum atomic E-state index is 0.185. The third-order valence-electron chi connectivity index (χ3n) is 3.11. The van der Waals surface area contributed by atoms with Crippen molar-refractivity contribution in [2.75, 3.05) is 27.2 Å². The van der Waals surface area contributed by atoms with Gasteiger partial charge in [-0.15, -0.1) is 0 Å². The van der Waals surface area contributed by atoms with Gasteiger partial charge in [-0.3, -0.25) is 0 Å². The first-order chi connectivity index (χ1) is 8.93. The molecule has 19 heavy (non-hydrogen) atoms. The summed E-state index contributed by atoms with van der Waals surface area (Å²) in [5.41, 5.74) is 8.42. The highest BCUT2D eigenvalue weighted by Crippen LogP contribution is 2.29. The second-order valence-corrected chi connectivity index (χ2v) is 6.15. The number of benzene rings is 1. The van der Waals surface area contributed by atoms with Gasteiger partial charge in [0.2, 0.25) is 0 Å². The Morgan fingerprint density at radius 3 is 2.63 bits per heavy atom. The van der Waals surface area contributed by atoms with Gasteiger partial charge in [0.05, 0.1) is 0 Å². The molecule has 1 unspecified atom stereocenters. The van der Waals surface area contributed by atoms with Crippen LogP contribution in [-0.2, 0) is 6.42 Å². The Labute approximate surface area is 125 Å². The molecule has 0 heterocycles. The first-order valence-corrected chi connectivity index (χ1v) is 7.55. The van der Waals surface area contributed by atoms with Crippen LogP contribution in [0.3, 0.4) is 0 Å². The van der Waals surface area contributed by atoms with E-state index in [2.05, 4.69) is 46.8 Å². The van der Waals surface area contributed by atoms with Crippen LogP contribution in [0, 0.1) is 6.92 Å². The zero-order valence-corrected chi connectivity index (χ0v) is 14.0. The summed E-state index contributed by atoms with van der Waals surface area (Å²) in [7, 11) is 4.09. The van der Waals surface area contributed by atoms with Crippen LogP contribution >= 0.6 is 15.9 Å². The Morgan fingerprint density at radius 2 is 2.05 bits per heavy atom. The number of halogens is 1. The van der Waals surface area contributed by atoms with Crippen LogP contribution in [0.2, 0.25) is 0 Å². The lowest BCUT2D eigenvalue weighted by atomic mass is 10.0. The van der Waals surface area contributed by atoms with Gasteiger partial charge in [-0.25, -0.2) is 0 Å². The topological polar surface area (TPSA) is 38.5 Å². The van der Waals surface area contributed by atoms with Gasteiger partial charge in [-0.2, -0.15) is 0 Å². The number of nitrogens with zero attached hydrogens (tertiary/aromatic N) is 1. The van der Waals surface area contributed by atoms with E-state index < -0.39 is 0 Å². The average molecular weight is 329 g/mol. The Morgan fingerprint density at radius 1 is 1.37 bits per heavy atom. The molecule has 1 aromatic rings. The lowest BCUT2D eigenvalue weighted by molar-refractivity contribution is 0.258. The first-order valence-electron chi connectivity index (χ1n) is 6.76. The average Bonchev–Trinajstić information content (AvgIpc) is 2.31. The van der Waals surface area contributed by atoms with Gasteiger partial charge in [0, 0.05) is 17.1 Å². The number of likely N-dealkylation sites (N-methyl/N-ethyl adjacent to an activating group) is 1. The predicted octanol–water partition coefficient (Wildman–Crippen LogP) is 2.98. The highest BCUT2D eigenvalue weighted by molar-refractivity contribution is 9.10. The number of hydrogen-bond acceptors (Lipinski definition) is 3. The molecule has 1 aromatic carbocycles. The molecule has 108 valence electrons. The van der Waals surface area contributed by atoms with Crippen molar-refractivity contribution in [3.8, 4) is 5.75 Å². The quantitative estimate of drug-likeness (QED) is 0.836. The van der Waals surface area contributed by atoms with Crippen LogP contribution in [0.5, 0.6) is 5.75 Å². The molecule has 0 spiro atoms. The maximum absolute atomic E-state index is 6.07. The van der Waals surface area contributed by atoms with Crippen LogP contribution in [0.1, 0.15) is 24.5 Å². The molecule has 0 radical (unpaired) electrons. The van der Waals surface area contributed by atoms with Crippen LogP contribution in [0.4, 0.5) is 0 Å². The van der Waals surface area contributed by atoms with E-state index in [1.807, 2.05) is 14.1 Å². The second kappa shape index (κ2) is 7.88. The van der Waals surface area contributed by atoms with E-state index in [0.717, 1.165) is 35.2 Å². The lowest BCUT2D eigenvalue weighted by Gasteiger charge is -2.18. The third kappa shape index (κ3) is 5.51. The van der Waals surface area contributed by atoms with Crippen molar-refractivity contribution in [1.82, 2.24) is 4.90 Å². The summed E-state index contributed by atoms with van der Waals surface area (Å²) in [5, 5.41) is 0. The van der Waals surface area contributed by atoms with E-state index >= 15 is 0 Å². The molecular formula is C15H25BrN2O. The van der Waals surface area contributed by atoms with Crippen LogP contribution < -0.4 is 10.5 Å². The van der Waals surface area contributed by atoms with Crippen LogP contribution in [-0.4, -0.2) is 38.2 Å². The lowest BCUT2D eigenvalue weighted by Crippen LogP contribution is -2.23. The zero-order chi connectivity index (χ0) is 14.4. The number of nitrogens with two attached hydrogens (primary N) is 1. The molecule has 1 rings (SSSR count). The number of rotatable bonds is 7. The van der Waals surface area contributed by atoms with Gasteiger partial charge >= 0.3 is 0 Å². The highest BCUT2D eigenvalue weighted by atomic mass is 79.9. The minimum absolute atomic E-state index is 0.185. The molecule has 0 aliphatic carbocycles. The summed E-state index contributed by atoms with van der Waals surface area (Å²) >= 11 is 3.55. The van der Waals surface area contributed by atoms with Gasteiger partial charge in [0.1, 0.15) is 12.4 Å². The SMILES string of the molecule is CCC(N)Cc1cc(Br)cc(C)c1OCCN(C)C. The van der Waals surface area contributed by atoms with E-state index in [-0.39, 0.29) is 6.04 Å². The van der Waals surface area contributed by atoms with Crippen molar-refractivity contribution in [1.29, 1.82) is 0 Å². The van der Waals surface area contributed by atoms with Crippen molar-refractivity contribution in [2.24, 2.45) is 5.73 Å². The normalized spacial score (nSPS) is 12.8. The third-order valence-corrected chi connectivity index (χ3v) is 3.57. The number of ether oxygens (including phenoxy) is 1. The Balaban J connectivity index is 2.86. The number of hydrogen-bond donors (Lipinski definition) is 1. The summed E-state index contributed by atoms with van der Waals surface area (Å²) in [6, 6.07) is 4.39. The smallest absolute Gasteiger partial charge is 0.125 e. The van der Waals surface area contributed by atoms with Crippen molar-refractivity contribution in [3.63, 3.8) is 0 Å². The molecule has 0 saturated heterocycles. The fourth-order valence-electron chi connectivity index (χ4n) is 1.91. The Hall–Kier alpha value is -0.580. The monoisotopic (exact) mass is 328 g/mol. The maximum Gasteiger partial charge on any atom is 0.125 e. The van der Waals surface area contributed by atoms with Crippen LogP contribution in [0.25, 0.3) is 0 Å². The van der Waals surface area contributed by atoms with Gasteiger partial charge in [-0.05, 0) is 57.1 Å². The molecule has 0 amide bonds. The largest absolute Gasteiger partial charge is 0.492 e. The molecule has 0 bridgehead atoms. The summed E-state index contributed by atoms with van der Waals surface area (Å²) in [5.74, 6) is 0.994. The first kappa shape index (κ1) is 16.5.